The fourth-order valence-electron chi connectivity index (χ4n) is 3.35. The number of carbonyl (C=O) groups excluding carboxylic acids is 1. The van der Waals surface area contributed by atoms with Crippen molar-refractivity contribution in [1.82, 2.24) is 15.0 Å². The molecule has 0 bridgehead atoms. The molecule has 37 heavy (non-hydrogen) atoms. The molecule has 1 N–H and O–H groups in total. The minimum absolute atomic E-state index is 0.0291. The number of fused-ring (bicyclic) bond motifs is 1. The number of hydrogen-bond acceptors (Lipinski definition) is 9. The van der Waals surface area contributed by atoms with Gasteiger partial charge in [0.05, 0.1) is 31.9 Å². The molecule has 12 heteroatoms. The first-order valence-electron chi connectivity index (χ1n) is 10.9. The third kappa shape index (κ3) is 5.64. The number of anilines is 1. The average Bonchev–Trinajstić information content (AvgIpc) is 2.90. The molecule has 0 aliphatic carbocycles. The van der Waals surface area contributed by atoms with E-state index in [2.05, 4.69) is 20.3 Å². The average molecular weight is 512 g/mol. The summed E-state index contributed by atoms with van der Waals surface area (Å²) in [5.41, 5.74) is 0.509. The molecule has 0 aliphatic heterocycles. The molecule has 0 saturated carbocycles. The number of nitrogens with zero attached hydrogens (tertiary/aromatic N) is 3. The number of nitrogens with one attached hydrogen (secondary N) is 1. The molecule has 3 heterocycles. The number of hydrogen-bond donors (Lipinski definition) is 1. The SMILES string of the molecule is COCCOc1cc2nccc(Oc3c(F)cc(NC(=O)c4cnccc4OC)cc3F)c2nc1OC. The number of aromatic nitrogens is 3. The highest BCUT2D eigenvalue weighted by Gasteiger charge is 2.20. The lowest BCUT2D eigenvalue weighted by Gasteiger charge is -2.14. The van der Waals surface area contributed by atoms with E-state index in [0.29, 0.717) is 17.9 Å². The molecule has 0 saturated heterocycles. The van der Waals surface area contributed by atoms with Gasteiger partial charge in [0.15, 0.2) is 28.9 Å². The van der Waals surface area contributed by atoms with Crippen molar-refractivity contribution in [3.05, 3.63) is 66.1 Å². The number of benzene rings is 1. The molecule has 1 aromatic carbocycles. The summed E-state index contributed by atoms with van der Waals surface area (Å²) in [6.07, 6.45) is 4.13. The predicted molar refractivity (Wildman–Crippen MR) is 129 cm³/mol. The molecule has 4 rings (SSSR count). The lowest BCUT2D eigenvalue weighted by Crippen LogP contribution is -2.14. The van der Waals surface area contributed by atoms with E-state index in [1.54, 1.807) is 13.2 Å². The van der Waals surface area contributed by atoms with Gasteiger partial charge in [-0.25, -0.2) is 13.8 Å². The van der Waals surface area contributed by atoms with Crippen LogP contribution in [0, 0.1) is 11.6 Å². The quantitative estimate of drug-likeness (QED) is 0.309. The van der Waals surface area contributed by atoms with Gasteiger partial charge in [0.1, 0.15) is 17.9 Å². The van der Waals surface area contributed by atoms with E-state index in [0.717, 1.165) is 12.1 Å². The minimum atomic E-state index is -1.05. The number of amides is 1. The van der Waals surface area contributed by atoms with Gasteiger partial charge in [-0.15, -0.1) is 0 Å². The van der Waals surface area contributed by atoms with E-state index in [4.69, 9.17) is 23.7 Å². The van der Waals surface area contributed by atoms with Crippen molar-refractivity contribution in [3.63, 3.8) is 0 Å². The van der Waals surface area contributed by atoms with Crippen LogP contribution in [0.2, 0.25) is 0 Å². The van der Waals surface area contributed by atoms with E-state index >= 15 is 0 Å². The normalized spacial score (nSPS) is 10.7. The Labute approximate surface area is 210 Å². The summed E-state index contributed by atoms with van der Waals surface area (Å²) in [7, 11) is 4.34. The molecule has 0 aliphatic rings. The first-order valence-corrected chi connectivity index (χ1v) is 10.9. The fraction of sp³-hybridized carbons (Fsp3) is 0.200. The van der Waals surface area contributed by atoms with Crippen LogP contribution in [0.5, 0.6) is 28.9 Å². The number of pyridine rings is 3. The molecule has 4 aromatic rings. The van der Waals surface area contributed by atoms with Crippen LogP contribution in [0.3, 0.4) is 0 Å². The number of carbonyl (C=O) groups is 1. The van der Waals surface area contributed by atoms with Gasteiger partial charge in [0, 0.05) is 55.7 Å². The summed E-state index contributed by atoms with van der Waals surface area (Å²) in [6, 6.07) is 6.32. The van der Waals surface area contributed by atoms with Crippen LogP contribution in [-0.4, -0.2) is 55.4 Å². The third-order valence-electron chi connectivity index (χ3n) is 5.06. The van der Waals surface area contributed by atoms with E-state index in [-0.39, 0.29) is 40.8 Å². The van der Waals surface area contributed by atoms with Gasteiger partial charge in [0.25, 0.3) is 11.8 Å². The third-order valence-corrected chi connectivity index (χ3v) is 5.06. The van der Waals surface area contributed by atoms with Crippen LogP contribution in [0.1, 0.15) is 10.4 Å². The smallest absolute Gasteiger partial charge is 0.261 e. The zero-order valence-electron chi connectivity index (χ0n) is 20.1. The Bertz CT molecular complexity index is 1410. The lowest BCUT2D eigenvalue weighted by atomic mass is 10.2. The second-order valence-corrected chi connectivity index (χ2v) is 7.42. The summed E-state index contributed by atoms with van der Waals surface area (Å²) >= 11 is 0. The number of ether oxygens (including phenoxy) is 5. The second kappa shape index (κ2) is 11.4. The van der Waals surface area contributed by atoms with Gasteiger partial charge in [-0.2, -0.15) is 0 Å². The van der Waals surface area contributed by atoms with Gasteiger partial charge in [-0.1, -0.05) is 0 Å². The van der Waals surface area contributed by atoms with Crippen molar-refractivity contribution >= 4 is 22.6 Å². The fourth-order valence-corrected chi connectivity index (χ4v) is 3.35. The monoisotopic (exact) mass is 512 g/mol. The Hall–Kier alpha value is -4.58. The Kier molecular flexibility index (Phi) is 7.89. The van der Waals surface area contributed by atoms with Gasteiger partial charge in [0.2, 0.25) is 0 Å². The Morgan fingerprint density at radius 1 is 0.946 bits per heavy atom. The Balaban J connectivity index is 1.61. The van der Waals surface area contributed by atoms with Crippen molar-refractivity contribution in [1.29, 1.82) is 0 Å². The Morgan fingerprint density at radius 3 is 2.41 bits per heavy atom. The van der Waals surface area contributed by atoms with Gasteiger partial charge < -0.3 is 29.0 Å². The molecule has 0 fully saturated rings. The molecule has 10 nitrogen and oxygen atoms in total. The van der Waals surface area contributed by atoms with Crippen molar-refractivity contribution in [3.8, 4) is 28.9 Å². The lowest BCUT2D eigenvalue weighted by molar-refractivity contribution is 0.102. The number of rotatable bonds is 10. The van der Waals surface area contributed by atoms with E-state index in [9.17, 15) is 13.6 Å². The molecule has 3 aromatic heterocycles. The van der Waals surface area contributed by atoms with Crippen LogP contribution >= 0.6 is 0 Å². The second-order valence-electron chi connectivity index (χ2n) is 7.42. The van der Waals surface area contributed by atoms with E-state index < -0.39 is 23.3 Å². The maximum Gasteiger partial charge on any atom is 0.261 e. The molecule has 0 radical (unpaired) electrons. The van der Waals surface area contributed by atoms with Crippen LogP contribution in [0.15, 0.2) is 48.9 Å². The summed E-state index contributed by atoms with van der Waals surface area (Å²) in [4.78, 5) is 25.0. The highest BCUT2D eigenvalue weighted by molar-refractivity contribution is 6.06. The highest BCUT2D eigenvalue weighted by atomic mass is 19.1. The molecule has 192 valence electrons. The van der Waals surface area contributed by atoms with Crippen molar-refractivity contribution in [2.24, 2.45) is 0 Å². The van der Waals surface area contributed by atoms with Crippen LogP contribution in [0.25, 0.3) is 11.0 Å². The number of methoxy groups -OCH3 is 3. The molecular formula is C25H22F2N4O6. The summed E-state index contributed by atoms with van der Waals surface area (Å²) < 4.78 is 56.4. The number of halogens is 2. The minimum Gasteiger partial charge on any atom is -0.496 e. The van der Waals surface area contributed by atoms with E-state index in [1.165, 1.54) is 44.9 Å². The predicted octanol–water partition coefficient (Wildman–Crippen LogP) is 4.39. The van der Waals surface area contributed by atoms with Crippen molar-refractivity contribution in [2.45, 2.75) is 0 Å². The van der Waals surface area contributed by atoms with Gasteiger partial charge >= 0.3 is 0 Å². The summed E-state index contributed by atoms with van der Waals surface area (Å²) in [5.74, 6) is -2.71. The van der Waals surface area contributed by atoms with Gasteiger partial charge in [-0.3, -0.25) is 14.8 Å². The standard InChI is InChI=1S/C25H22F2N4O6/c1-33-8-9-36-21-12-18-22(31-25(21)35-3)20(5-7-29-18)37-23-16(26)10-14(11-17(23)27)30-24(32)15-13-28-6-4-19(15)34-2/h4-7,10-13H,8-9H2,1-3H3,(H,30,32). The van der Waals surface area contributed by atoms with Crippen molar-refractivity contribution in [2.75, 3.05) is 39.9 Å². The zero-order valence-corrected chi connectivity index (χ0v) is 20.1. The largest absolute Gasteiger partial charge is 0.496 e. The Morgan fingerprint density at radius 2 is 1.70 bits per heavy atom. The topological polar surface area (TPSA) is 114 Å². The molecule has 0 unspecified atom stereocenters. The molecule has 1 amide bonds. The first-order chi connectivity index (χ1) is 17.9. The van der Waals surface area contributed by atoms with Crippen LogP contribution < -0.4 is 24.3 Å². The maximum atomic E-state index is 14.9. The van der Waals surface area contributed by atoms with Crippen molar-refractivity contribution < 1.29 is 37.3 Å². The molecular weight excluding hydrogens is 490 g/mol. The summed E-state index contributed by atoms with van der Waals surface area (Å²) in [5, 5.41) is 2.42. The first kappa shape index (κ1) is 25.5. The van der Waals surface area contributed by atoms with Crippen LogP contribution in [-0.2, 0) is 4.74 Å². The molecule has 0 spiro atoms. The van der Waals surface area contributed by atoms with E-state index in [1.807, 2.05) is 0 Å². The maximum absolute atomic E-state index is 14.9. The molecule has 0 atom stereocenters. The van der Waals surface area contributed by atoms with Crippen LogP contribution in [0.4, 0.5) is 14.5 Å². The van der Waals surface area contributed by atoms with Gasteiger partial charge in [-0.05, 0) is 6.07 Å². The highest BCUT2D eigenvalue weighted by Crippen LogP contribution is 2.36. The summed E-state index contributed by atoms with van der Waals surface area (Å²) in [6.45, 7) is 0.603. The zero-order chi connectivity index (χ0) is 26.4.